The highest BCUT2D eigenvalue weighted by atomic mass is 32.2. The van der Waals surface area contributed by atoms with Gasteiger partial charge < -0.3 is 10.1 Å². The van der Waals surface area contributed by atoms with Crippen LogP contribution < -0.4 is 10.1 Å². The van der Waals surface area contributed by atoms with Crippen molar-refractivity contribution in [2.45, 2.75) is 29.9 Å². The first-order valence-corrected chi connectivity index (χ1v) is 11.5. The summed E-state index contributed by atoms with van der Waals surface area (Å²) in [4.78, 5) is 5.94. The molecule has 0 bridgehead atoms. The van der Waals surface area contributed by atoms with Crippen molar-refractivity contribution in [3.05, 3.63) is 95.1 Å². The lowest BCUT2D eigenvalue weighted by Gasteiger charge is -2.17. The Kier molecular flexibility index (Phi) is 7.09. The van der Waals surface area contributed by atoms with Gasteiger partial charge in [0.1, 0.15) is 11.6 Å². The maximum atomic E-state index is 5.65. The van der Waals surface area contributed by atoms with Gasteiger partial charge in [0.15, 0.2) is 0 Å². The van der Waals surface area contributed by atoms with Crippen LogP contribution in [-0.4, -0.2) is 26.0 Å². The van der Waals surface area contributed by atoms with Crippen LogP contribution in [0.3, 0.4) is 0 Å². The van der Waals surface area contributed by atoms with Crippen LogP contribution in [-0.2, 0) is 18.6 Å². The van der Waals surface area contributed by atoms with Crippen molar-refractivity contribution < 1.29 is 4.74 Å². The Balaban J connectivity index is 1.48. The molecule has 0 radical (unpaired) electrons. The SMILES string of the molecule is COc1ccc(CCc2ccccc2)cc1CSc1ccccc1C1=NCCCN1. The molecule has 3 nitrogen and oxygen atoms in total. The summed E-state index contributed by atoms with van der Waals surface area (Å²) in [7, 11) is 1.75. The molecule has 4 rings (SSSR count). The number of hydrogen-bond donors (Lipinski definition) is 1. The molecule has 0 amide bonds. The largest absolute Gasteiger partial charge is 0.496 e. The van der Waals surface area contributed by atoms with E-state index in [-0.39, 0.29) is 0 Å². The molecule has 0 aromatic heterocycles. The number of rotatable bonds is 8. The highest BCUT2D eigenvalue weighted by Gasteiger charge is 2.13. The minimum atomic E-state index is 0.868. The average molecular weight is 417 g/mol. The topological polar surface area (TPSA) is 33.6 Å². The van der Waals surface area contributed by atoms with E-state index in [0.29, 0.717) is 0 Å². The van der Waals surface area contributed by atoms with Crippen LogP contribution >= 0.6 is 11.8 Å². The molecule has 0 aliphatic carbocycles. The molecule has 3 aromatic rings. The molecule has 0 atom stereocenters. The summed E-state index contributed by atoms with van der Waals surface area (Å²) in [5, 5.41) is 3.45. The molecular weight excluding hydrogens is 388 g/mol. The lowest BCUT2D eigenvalue weighted by molar-refractivity contribution is 0.411. The Hall–Kier alpha value is -2.72. The number of amidine groups is 1. The summed E-state index contributed by atoms with van der Waals surface area (Å²) in [5.41, 5.74) is 5.16. The monoisotopic (exact) mass is 416 g/mol. The number of benzene rings is 3. The molecule has 4 heteroatoms. The molecule has 154 valence electrons. The summed E-state index contributed by atoms with van der Waals surface area (Å²) in [5.74, 6) is 2.84. The second kappa shape index (κ2) is 10.4. The van der Waals surface area contributed by atoms with Gasteiger partial charge in [0, 0.05) is 34.9 Å². The maximum absolute atomic E-state index is 5.65. The molecular formula is C26H28N2OS. The van der Waals surface area contributed by atoms with Gasteiger partial charge >= 0.3 is 0 Å². The van der Waals surface area contributed by atoms with E-state index in [1.807, 2.05) is 11.8 Å². The lowest BCUT2D eigenvalue weighted by Crippen LogP contribution is -2.30. The van der Waals surface area contributed by atoms with E-state index in [1.165, 1.54) is 27.1 Å². The minimum Gasteiger partial charge on any atom is -0.496 e. The molecule has 0 unspecified atom stereocenters. The Morgan fingerprint density at radius 3 is 2.53 bits per heavy atom. The van der Waals surface area contributed by atoms with Crippen LogP contribution in [0.5, 0.6) is 5.75 Å². The lowest BCUT2D eigenvalue weighted by atomic mass is 10.0. The van der Waals surface area contributed by atoms with Crippen molar-refractivity contribution in [3.63, 3.8) is 0 Å². The second-order valence-corrected chi connectivity index (χ2v) is 8.44. The zero-order chi connectivity index (χ0) is 20.6. The summed E-state index contributed by atoms with van der Waals surface area (Å²) >= 11 is 1.85. The normalized spacial score (nSPS) is 13.4. The van der Waals surface area contributed by atoms with Gasteiger partial charge in [-0.15, -0.1) is 11.8 Å². The quantitative estimate of drug-likeness (QED) is 0.492. The van der Waals surface area contributed by atoms with Crippen molar-refractivity contribution in [3.8, 4) is 5.75 Å². The van der Waals surface area contributed by atoms with Gasteiger partial charge in [-0.1, -0.05) is 60.7 Å². The number of ether oxygens (including phenoxy) is 1. The van der Waals surface area contributed by atoms with Gasteiger partial charge in [0.05, 0.1) is 7.11 Å². The molecule has 0 saturated carbocycles. The van der Waals surface area contributed by atoms with Gasteiger partial charge in [0.25, 0.3) is 0 Å². The van der Waals surface area contributed by atoms with E-state index < -0.39 is 0 Å². The Labute approximate surface area is 183 Å². The van der Waals surface area contributed by atoms with Crippen molar-refractivity contribution in [1.29, 1.82) is 0 Å². The molecule has 1 heterocycles. The summed E-state index contributed by atoms with van der Waals surface area (Å²) < 4.78 is 5.65. The zero-order valence-electron chi connectivity index (χ0n) is 17.4. The van der Waals surface area contributed by atoms with Gasteiger partial charge in [0.2, 0.25) is 0 Å². The number of aliphatic imine (C=N–C) groups is 1. The molecule has 3 aromatic carbocycles. The second-order valence-electron chi connectivity index (χ2n) is 7.43. The van der Waals surface area contributed by atoms with E-state index in [0.717, 1.165) is 49.7 Å². The Morgan fingerprint density at radius 2 is 1.73 bits per heavy atom. The van der Waals surface area contributed by atoms with Crippen LogP contribution in [0.15, 0.2) is 82.7 Å². The van der Waals surface area contributed by atoms with Crippen molar-refractivity contribution in [1.82, 2.24) is 5.32 Å². The third-order valence-corrected chi connectivity index (χ3v) is 6.43. The molecule has 0 saturated heterocycles. The highest BCUT2D eigenvalue weighted by Crippen LogP contribution is 2.31. The molecule has 30 heavy (non-hydrogen) atoms. The molecule has 0 fully saturated rings. The van der Waals surface area contributed by atoms with Crippen molar-refractivity contribution in [2.24, 2.45) is 4.99 Å². The first kappa shape index (κ1) is 20.5. The predicted octanol–water partition coefficient (Wildman–Crippen LogP) is 5.51. The molecule has 1 N–H and O–H groups in total. The van der Waals surface area contributed by atoms with E-state index in [1.54, 1.807) is 7.11 Å². The van der Waals surface area contributed by atoms with E-state index in [9.17, 15) is 0 Å². The van der Waals surface area contributed by atoms with Crippen molar-refractivity contribution in [2.75, 3.05) is 20.2 Å². The van der Waals surface area contributed by atoms with E-state index in [2.05, 4.69) is 83.1 Å². The van der Waals surface area contributed by atoms with E-state index >= 15 is 0 Å². The van der Waals surface area contributed by atoms with Gasteiger partial charge in [-0.3, -0.25) is 4.99 Å². The Bertz CT molecular complexity index is 1000. The fraction of sp³-hybridized carbons (Fsp3) is 0.269. The zero-order valence-corrected chi connectivity index (χ0v) is 18.3. The summed E-state index contributed by atoms with van der Waals surface area (Å²) in [6, 6.07) is 25.8. The first-order valence-electron chi connectivity index (χ1n) is 10.5. The van der Waals surface area contributed by atoms with Crippen LogP contribution in [0.4, 0.5) is 0 Å². The number of aryl methyl sites for hydroxylation is 2. The highest BCUT2D eigenvalue weighted by molar-refractivity contribution is 7.98. The number of nitrogens with zero attached hydrogens (tertiary/aromatic N) is 1. The average Bonchev–Trinajstić information content (AvgIpc) is 2.83. The van der Waals surface area contributed by atoms with Gasteiger partial charge in [-0.25, -0.2) is 0 Å². The molecule has 1 aliphatic heterocycles. The minimum absolute atomic E-state index is 0.868. The first-order chi connectivity index (χ1) is 14.8. The number of thioether (sulfide) groups is 1. The predicted molar refractivity (Wildman–Crippen MR) is 127 cm³/mol. The number of hydrogen-bond acceptors (Lipinski definition) is 4. The van der Waals surface area contributed by atoms with E-state index in [4.69, 9.17) is 4.74 Å². The number of nitrogens with one attached hydrogen (secondary N) is 1. The fourth-order valence-corrected chi connectivity index (χ4v) is 4.72. The smallest absolute Gasteiger partial charge is 0.129 e. The maximum Gasteiger partial charge on any atom is 0.129 e. The van der Waals surface area contributed by atoms with Crippen LogP contribution in [0.25, 0.3) is 0 Å². The van der Waals surface area contributed by atoms with Gasteiger partial charge in [-0.2, -0.15) is 0 Å². The van der Waals surface area contributed by atoms with Crippen molar-refractivity contribution >= 4 is 17.6 Å². The van der Waals surface area contributed by atoms with Gasteiger partial charge in [-0.05, 0) is 42.5 Å². The third-order valence-electron chi connectivity index (χ3n) is 5.31. The third kappa shape index (κ3) is 5.25. The molecule has 1 aliphatic rings. The van der Waals surface area contributed by atoms with Crippen LogP contribution in [0, 0.1) is 0 Å². The molecule has 0 spiro atoms. The van der Waals surface area contributed by atoms with Crippen LogP contribution in [0.1, 0.15) is 28.7 Å². The standard InChI is InChI=1S/C26H28N2OS/c1-29-24-15-14-21(13-12-20-8-3-2-4-9-20)18-22(24)19-30-25-11-6-5-10-23(25)26-27-16-7-17-28-26/h2-6,8-11,14-15,18H,7,12-13,16-17,19H2,1H3,(H,27,28). The summed E-state index contributed by atoms with van der Waals surface area (Å²) in [6.07, 6.45) is 3.18. The Morgan fingerprint density at radius 1 is 0.933 bits per heavy atom. The van der Waals surface area contributed by atoms with Crippen LogP contribution in [0.2, 0.25) is 0 Å². The number of methoxy groups -OCH3 is 1. The fourth-order valence-electron chi connectivity index (χ4n) is 3.69. The summed E-state index contributed by atoms with van der Waals surface area (Å²) in [6.45, 7) is 1.90.